The number of rotatable bonds is 3. The first-order chi connectivity index (χ1) is 12.6. The molecule has 0 bridgehead atoms. The summed E-state index contributed by atoms with van der Waals surface area (Å²) in [5.74, 6) is 8.05. The average Bonchev–Trinajstić information content (AvgIpc) is 2.64. The molecule has 0 aliphatic heterocycles. The molecule has 1 saturated carbocycles. The highest BCUT2D eigenvalue weighted by Gasteiger charge is 2.21. The third-order valence-electron chi connectivity index (χ3n) is 5.08. The lowest BCUT2D eigenvalue weighted by molar-refractivity contribution is -0.135. The highest BCUT2D eigenvalue weighted by molar-refractivity contribution is 5.72. The van der Waals surface area contributed by atoms with Crippen LogP contribution in [0.3, 0.4) is 0 Å². The fourth-order valence-electron chi connectivity index (χ4n) is 3.33. The molecule has 0 N–H and O–H groups in total. The van der Waals surface area contributed by atoms with E-state index in [9.17, 15) is 4.79 Å². The van der Waals surface area contributed by atoms with E-state index in [1.807, 2.05) is 36.4 Å². The molecule has 134 valence electrons. The van der Waals surface area contributed by atoms with Gasteiger partial charge >= 0.3 is 5.97 Å². The maximum atomic E-state index is 12.1. The first-order valence-corrected chi connectivity index (χ1v) is 9.48. The van der Waals surface area contributed by atoms with Crippen molar-refractivity contribution in [2.24, 2.45) is 11.8 Å². The molecular formula is C24H26O2. The van der Waals surface area contributed by atoms with Crippen molar-refractivity contribution in [2.45, 2.75) is 46.0 Å². The maximum absolute atomic E-state index is 12.1. The van der Waals surface area contributed by atoms with Crippen molar-refractivity contribution in [1.29, 1.82) is 0 Å². The summed E-state index contributed by atoms with van der Waals surface area (Å²) < 4.78 is 5.49. The Labute approximate surface area is 156 Å². The van der Waals surface area contributed by atoms with E-state index in [0.717, 1.165) is 29.9 Å². The molecule has 0 amide bonds. The molecule has 3 rings (SSSR count). The second-order valence-electron chi connectivity index (χ2n) is 7.44. The van der Waals surface area contributed by atoms with Gasteiger partial charge in [-0.25, -0.2) is 0 Å². The minimum absolute atomic E-state index is 0.122. The number of carbonyl (C=O) groups excluding carboxylic acids is 1. The molecule has 1 aliphatic rings. The van der Waals surface area contributed by atoms with Gasteiger partial charge in [0.15, 0.2) is 0 Å². The molecule has 1 fully saturated rings. The van der Waals surface area contributed by atoms with E-state index in [0.29, 0.717) is 18.1 Å². The van der Waals surface area contributed by atoms with Gasteiger partial charge in [-0.1, -0.05) is 49.3 Å². The Hall–Kier alpha value is -2.53. The van der Waals surface area contributed by atoms with Gasteiger partial charge in [0.1, 0.15) is 5.75 Å². The zero-order chi connectivity index (χ0) is 18.4. The van der Waals surface area contributed by atoms with E-state index in [1.54, 1.807) is 0 Å². The van der Waals surface area contributed by atoms with Crippen LogP contribution in [0.1, 0.15) is 55.7 Å². The largest absolute Gasteiger partial charge is 0.427 e. The van der Waals surface area contributed by atoms with Crippen molar-refractivity contribution >= 4 is 5.97 Å². The molecule has 2 nitrogen and oxygen atoms in total. The minimum Gasteiger partial charge on any atom is -0.427 e. The van der Waals surface area contributed by atoms with Crippen molar-refractivity contribution < 1.29 is 9.53 Å². The fraction of sp³-hybridized carbons (Fsp3) is 0.375. The Balaban J connectivity index is 1.53. The standard InChI is InChI=1S/C24H26O2/c1-18-3-7-20(8-4-18)11-12-21-13-15-23(16-14-21)26-24(25)17-22-9-5-19(2)6-10-22/h3-4,7-8,13-16,19,22H,5-6,9-10,17H2,1-2H3. The summed E-state index contributed by atoms with van der Waals surface area (Å²) >= 11 is 0. The summed E-state index contributed by atoms with van der Waals surface area (Å²) in [7, 11) is 0. The molecule has 0 heterocycles. The number of benzene rings is 2. The van der Waals surface area contributed by atoms with Gasteiger partial charge < -0.3 is 4.74 Å². The van der Waals surface area contributed by atoms with Gasteiger partial charge in [-0.2, -0.15) is 0 Å². The zero-order valence-electron chi connectivity index (χ0n) is 15.6. The fourth-order valence-corrected chi connectivity index (χ4v) is 3.33. The lowest BCUT2D eigenvalue weighted by atomic mass is 9.81. The van der Waals surface area contributed by atoms with Gasteiger partial charge in [-0.05, 0) is 68.0 Å². The minimum atomic E-state index is -0.122. The molecule has 0 saturated heterocycles. The zero-order valence-corrected chi connectivity index (χ0v) is 15.6. The Bertz CT molecular complexity index is 783. The average molecular weight is 346 g/mol. The molecule has 0 unspecified atom stereocenters. The summed E-state index contributed by atoms with van der Waals surface area (Å²) in [5.41, 5.74) is 3.13. The van der Waals surface area contributed by atoms with Gasteiger partial charge in [0.05, 0.1) is 0 Å². The number of esters is 1. The van der Waals surface area contributed by atoms with E-state index in [1.165, 1.54) is 18.4 Å². The van der Waals surface area contributed by atoms with Crippen molar-refractivity contribution in [3.8, 4) is 17.6 Å². The Morgan fingerprint density at radius 3 is 2.04 bits per heavy atom. The second-order valence-corrected chi connectivity index (χ2v) is 7.44. The van der Waals surface area contributed by atoms with Crippen molar-refractivity contribution in [2.75, 3.05) is 0 Å². The number of hydrogen-bond acceptors (Lipinski definition) is 2. The van der Waals surface area contributed by atoms with E-state index >= 15 is 0 Å². The van der Waals surface area contributed by atoms with Crippen LogP contribution in [0.2, 0.25) is 0 Å². The Morgan fingerprint density at radius 2 is 1.46 bits per heavy atom. The highest BCUT2D eigenvalue weighted by atomic mass is 16.5. The summed E-state index contributed by atoms with van der Waals surface area (Å²) in [6, 6.07) is 15.6. The molecular weight excluding hydrogens is 320 g/mol. The van der Waals surface area contributed by atoms with Crippen LogP contribution < -0.4 is 4.74 Å². The number of carbonyl (C=O) groups is 1. The molecule has 1 aliphatic carbocycles. The normalized spacial score (nSPS) is 19.3. The third kappa shape index (κ3) is 5.49. The smallest absolute Gasteiger partial charge is 0.311 e. The molecule has 26 heavy (non-hydrogen) atoms. The van der Waals surface area contributed by atoms with Crippen molar-refractivity contribution in [3.63, 3.8) is 0 Å². The number of aryl methyl sites for hydroxylation is 1. The van der Waals surface area contributed by atoms with Crippen LogP contribution in [-0.4, -0.2) is 5.97 Å². The van der Waals surface area contributed by atoms with Crippen LogP contribution in [0.15, 0.2) is 48.5 Å². The van der Waals surface area contributed by atoms with Crippen LogP contribution in [0.5, 0.6) is 5.75 Å². The van der Waals surface area contributed by atoms with E-state index in [2.05, 4.69) is 37.8 Å². The van der Waals surface area contributed by atoms with Crippen molar-refractivity contribution in [1.82, 2.24) is 0 Å². The summed E-state index contributed by atoms with van der Waals surface area (Å²) in [6.45, 7) is 4.35. The predicted octanol–water partition coefficient (Wildman–Crippen LogP) is 5.52. The molecule has 0 spiro atoms. The predicted molar refractivity (Wildman–Crippen MR) is 105 cm³/mol. The van der Waals surface area contributed by atoms with E-state index in [4.69, 9.17) is 4.74 Å². The first-order valence-electron chi connectivity index (χ1n) is 9.48. The monoisotopic (exact) mass is 346 g/mol. The Kier molecular flexibility index (Phi) is 6.12. The van der Waals surface area contributed by atoms with Gasteiger partial charge in [0.2, 0.25) is 0 Å². The van der Waals surface area contributed by atoms with Crippen LogP contribution >= 0.6 is 0 Å². The van der Waals surface area contributed by atoms with Gasteiger partial charge in [0, 0.05) is 17.5 Å². The van der Waals surface area contributed by atoms with Gasteiger partial charge in [-0.15, -0.1) is 0 Å². The van der Waals surface area contributed by atoms with Crippen molar-refractivity contribution in [3.05, 3.63) is 65.2 Å². The Morgan fingerprint density at radius 1 is 0.923 bits per heavy atom. The lowest BCUT2D eigenvalue weighted by Crippen LogP contribution is -2.18. The third-order valence-corrected chi connectivity index (χ3v) is 5.08. The maximum Gasteiger partial charge on any atom is 0.311 e. The SMILES string of the molecule is Cc1ccc(C#Cc2ccc(OC(=O)CC3CCC(C)CC3)cc2)cc1. The lowest BCUT2D eigenvalue weighted by Gasteiger charge is -2.25. The molecule has 2 aromatic rings. The molecule has 0 aromatic heterocycles. The first kappa shape index (κ1) is 18.3. The van der Waals surface area contributed by atoms with E-state index < -0.39 is 0 Å². The van der Waals surface area contributed by atoms with Gasteiger partial charge in [0.25, 0.3) is 0 Å². The molecule has 0 atom stereocenters. The van der Waals surface area contributed by atoms with Crippen LogP contribution in [0.25, 0.3) is 0 Å². The molecule has 0 radical (unpaired) electrons. The number of ether oxygens (including phenoxy) is 1. The quantitative estimate of drug-likeness (QED) is 0.416. The second kappa shape index (κ2) is 8.72. The van der Waals surface area contributed by atoms with Crippen LogP contribution in [0.4, 0.5) is 0 Å². The summed E-state index contributed by atoms with van der Waals surface area (Å²) in [5, 5.41) is 0. The van der Waals surface area contributed by atoms with Crippen LogP contribution in [-0.2, 0) is 4.79 Å². The van der Waals surface area contributed by atoms with Gasteiger partial charge in [-0.3, -0.25) is 4.79 Å². The molecule has 2 aromatic carbocycles. The number of hydrogen-bond donors (Lipinski definition) is 0. The summed E-state index contributed by atoms with van der Waals surface area (Å²) in [6.07, 6.45) is 5.27. The highest BCUT2D eigenvalue weighted by Crippen LogP contribution is 2.30. The summed E-state index contributed by atoms with van der Waals surface area (Å²) in [4.78, 5) is 12.1. The van der Waals surface area contributed by atoms with E-state index in [-0.39, 0.29) is 5.97 Å². The molecule has 2 heteroatoms. The van der Waals surface area contributed by atoms with Crippen LogP contribution in [0, 0.1) is 30.6 Å². The topological polar surface area (TPSA) is 26.3 Å².